The molecule has 0 radical (unpaired) electrons. The Kier molecular flexibility index (Phi) is 7.53. The Balaban J connectivity index is 2.21. The third kappa shape index (κ3) is 6.85. The molecule has 0 spiro atoms. The fourth-order valence-electron chi connectivity index (χ4n) is 2.75. The molecule has 0 aromatic heterocycles. The molecule has 0 heterocycles. The quantitative estimate of drug-likeness (QED) is 0.620. The smallest absolute Gasteiger partial charge is 0.305 e. The Labute approximate surface area is 160 Å². The second-order valence-electron chi connectivity index (χ2n) is 6.75. The van der Waals surface area contributed by atoms with Crippen LogP contribution in [-0.2, 0) is 4.79 Å². The molecule has 0 saturated heterocycles. The van der Waals surface area contributed by atoms with Gasteiger partial charge in [-0.25, -0.2) is 0 Å². The molecule has 0 aliphatic rings. The van der Waals surface area contributed by atoms with E-state index in [0.717, 1.165) is 16.7 Å². The highest BCUT2D eigenvalue weighted by molar-refractivity contribution is 5.81. The van der Waals surface area contributed by atoms with Crippen molar-refractivity contribution in [3.8, 4) is 0 Å². The Bertz CT molecular complexity index is 754. The van der Waals surface area contributed by atoms with Crippen molar-refractivity contribution in [3.05, 3.63) is 89.0 Å². The second kappa shape index (κ2) is 9.86. The lowest BCUT2D eigenvalue weighted by molar-refractivity contribution is -0.139. The summed E-state index contributed by atoms with van der Waals surface area (Å²) in [6, 6.07) is 16.4. The molecule has 0 amide bonds. The molecule has 27 heavy (non-hydrogen) atoms. The zero-order valence-corrected chi connectivity index (χ0v) is 15.7. The lowest BCUT2D eigenvalue weighted by atomic mass is 9.96. The first kappa shape index (κ1) is 20.6. The van der Waals surface area contributed by atoms with Crippen LogP contribution in [0.1, 0.15) is 35.1 Å². The van der Waals surface area contributed by atoms with Gasteiger partial charge >= 0.3 is 5.97 Å². The number of benzene rings is 2. The fraction of sp³-hybridized carbons (Fsp3) is 0.261. The number of aliphatic hydroxyl groups excluding tert-OH is 2. The van der Waals surface area contributed by atoms with Gasteiger partial charge in [-0.3, -0.25) is 4.79 Å². The van der Waals surface area contributed by atoms with Crippen molar-refractivity contribution in [2.75, 3.05) is 0 Å². The molecular formula is C23H26O4. The standard InChI is InChI=1S/C23H26O4/c1-16-6-10-18(11-7-16)22(19-12-8-17(2)9-13-19)5-3-4-20(24)14-21(25)15-23(26)27/h3-13,20-21,24-25H,14-15H2,1-2H3,(H,26,27)/t20-,21-/m1/s1. The van der Waals surface area contributed by atoms with Gasteiger partial charge in [-0.15, -0.1) is 0 Å². The summed E-state index contributed by atoms with van der Waals surface area (Å²) in [5, 5.41) is 28.3. The Morgan fingerprint density at radius 2 is 1.41 bits per heavy atom. The van der Waals surface area contributed by atoms with Gasteiger partial charge in [-0.1, -0.05) is 77.9 Å². The van der Waals surface area contributed by atoms with Gasteiger partial charge in [-0.2, -0.15) is 0 Å². The van der Waals surface area contributed by atoms with Gasteiger partial charge in [0.15, 0.2) is 0 Å². The maximum Gasteiger partial charge on any atom is 0.305 e. The molecular weight excluding hydrogens is 340 g/mol. The van der Waals surface area contributed by atoms with Gasteiger partial charge in [0.05, 0.1) is 18.6 Å². The minimum atomic E-state index is -1.08. The van der Waals surface area contributed by atoms with Crippen molar-refractivity contribution < 1.29 is 20.1 Å². The number of aliphatic carboxylic acids is 1. The average Bonchev–Trinajstić information content (AvgIpc) is 2.60. The van der Waals surface area contributed by atoms with Crippen molar-refractivity contribution in [1.82, 2.24) is 0 Å². The molecule has 0 bridgehead atoms. The predicted molar refractivity (Wildman–Crippen MR) is 107 cm³/mol. The van der Waals surface area contributed by atoms with E-state index in [-0.39, 0.29) is 12.8 Å². The summed E-state index contributed by atoms with van der Waals surface area (Å²) < 4.78 is 0. The van der Waals surface area contributed by atoms with Gasteiger partial charge in [0.1, 0.15) is 0 Å². The van der Waals surface area contributed by atoms with Gasteiger partial charge in [0.25, 0.3) is 0 Å². The van der Waals surface area contributed by atoms with Crippen LogP contribution in [0.4, 0.5) is 0 Å². The number of rotatable bonds is 8. The lowest BCUT2D eigenvalue weighted by Crippen LogP contribution is -2.19. The summed E-state index contributed by atoms with van der Waals surface area (Å²) in [5.74, 6) is -1.08. The molecule has 2 aromatic carbocycles. The van der Waals surface area contributed by atoms with Crippen molar-refractivity contribution in [1.29, 1.82) is 0 Å². The average molecular weight is 366 g/mol. The van der Waals surface area contributed by atoms with E-state index >= 15 is 0 Å². The first-order valence-electron chi connectivity index (χ1n) is 8.95. The van der Waals surface area contributed by atoms with Gasteiger partial charge in [0, 0.05) is 6.42 Å². The second-order valence-corrected chi connectivity index (χ2v) is 6.75. The summed E-state index contributed by atoms with van der Waals surface area (Å²) in [5.41, 5.74) is 5.51. The number of carboxylic acid groups (broad SMARTS) is 1. The highest BCUT2D eigenvalue weighted by Gasteiger charge is 2.13. The van der Waals surface area contributed by atoms with E-state index in [1.165, 1.54) is 11.1 Å². The first-order chi connectivity index (χ1) is 12.8. The molecule has 0 saturated carbocycles. The molecule has 2 rings (SSSR count). The first-order valence-corrected chi connectivity index (χ1v) is 8.95. The molecule has 4 heteroatoms. The highest BCUT2D eigenvalue weighted by Crippen LogP contribution is 2.24. The molecule has 0 aliphatic carbocycles. The number of allylic oxidation sites excluding steroid dienone is 2. The number of carboxylic acids is 1. The van der Waals surface area contributed by atoms with Crippen LogP contribution in [0, 0.1) is 13.8 Å². The molecule has 0 aliphatic heterocycles. The minimum absolute atomic E-state index is 0.0129. The summed E-state index contributed by atoms with van der Waals surface area (Å²) in [6.07, 6.45) is 2.86. The third-order valence-corrected chi connectivity index (χ3v) is 4.25. The third-order valence-electron chi connectivity index (χ3n) is 4.25. The van der Waals surface area contributed by atoms with E-state index in [1.54, 1.807) is 12.2 Å². The van der Waals surface area contributed by atoms with Crippen LogP contribution in [0.2, 0.25) is 0 Å². The molecule has 3 N–H and O–H groups in total. The largest absolute Gasteiger partial charge is 0.481 e. The molecule has 0 fully saturated rings. The Morgan fingerprint density at radius 3 is 1.85 bits per heavy atom. The van der Waals surface area contributed by atoms with Crippen molar-refractivity contribution in [2.45, 2.75) is 38.9 Å². The summed E-state index contributed by atoms with van der Waals surface area (Å²) in [7, 11) is 0. The number of aliphatic hydroxyl groups is 2. The normalized spacial score (nSPS) is 13.3. The molecule has 2 atom stereocenters. The maximum absolute atomic E-state index is 10.6. The van der Waals surface area contributed by atoms with E-state index in [1.807, 2.05) is 19.9 Å². The van der Waals surface area contributed by atoms with Crippen LogP contribution in [0.5, 0.6) is 0 Å². The number of carbonyl (C=O) groups is 1. The van der Waals surface area contributed by atoms with E-state index in [2.05, 4.69) is 48.5 Å². The van der Waals surface area contributed by atoms with Crippen LogP contribution >= 0.6 is 0 Å². The molecule has 0 unspecified atom stereocenters. The van der Waals surface area contributed by atoms with Crippen LogP contribution < -0.4 is 0 Å². The van der Waals surface area contributed by atoms with Gasteiger partial charge < -0.3 is 15.3 Å². The van der Waals surface area contributed by atoms with E-state index in [0.29, 0.717) is 0 Å². The van der Waals surface area contributed by atoms with Crippen molar-refractivity contribution in [3.63, 3.8) is 0 Å². The number of aryl methyl sites for hydroxylation is 2. The fourth-order valence-corrected chi connectivity index (χ4v) is 2.75. The van der Waals surface area contributed by atoms with Crippen LogP contribution in [-0.4, -0.2) is 33.5 Å². The van der Waals surface area contributed by atoms with E-state index in [4.69, 9.17) is 5.11 Å². The Morgan fingerprint density at radius 1 is 0.926 bits per heavy atom. The number of hydrogen-bond acceptors (Lipinski definition) is 3. The minimum Gasteiger partial charge on any atom is -0.481 e. The molecule has 142 valence electrons. The molecule has 4 nitrogen and oxygen atoms in total. The van der Waals surface area contributed by atoms with E-state index in [9.17, 15) is 15.0 Å². The topological polar surface area (TPSA) is 77.8 Å². The zero-order valence-electron chi connectivity index (χ0n) is 15.7. The van der Waals surface area contributed by atoms with Crippen LogP contribution in [0.3, 0.4) is 0 Å². The van der Waals surface area contributed by atoms with Gasteiger partial charge in [0.2, 0.25) is 0 Å². The summed E-state index contributed by atoms with van der Waals surface area (Å²) in [6.45, 7) is 4.08. The van der Waals surface area contributed by atoms with Crippen LogP contribution in [0.25, 0.3) is 5.57 Å². The SMILES string of the molecule is Cc1ccc(C(=CC=C[C@@H](O)C[C@@H](O)CC(=O)O)c2ccc(C)cc2)cc1. The summed E-state index contributed by atoms with van der Waals surface area (Å²) >= 11 is 0. The summed E-state index contributed by atoms with van der Waals surface area (Å²) in [4.78, 5) is 10.6. The monoisotopic (exact) mass is 366 g/mol. The predicted octanol–water partition coefficient (Wildman–Crippen LogP) is 3.88. The Hall–Kier alpha value is -2.69. The van der Waals surface area contributed by atoms with Crippen molar-refractivity contribution >= 4 is 11.5 Å². The number of hydrogen-bond donors (Lipinski definition) is 3. The highest BCUT2D eigenvalue weighted by atomic mass is 16.4. The van der Waals surface area contributed by atoms with E-state index < -0.39 is 18.2 Å². The van der Waals surface area contributed by atoms with Crippen LogP contribution in [0.15, 0.2) is 66.8 Å². The maximum atomic E-state index is 10.6. The zero-order chi connectivity index (χ0) is 19.8. The lowest BCUT2D eigenvalue weighted by Gasteiger charge is -2.11. The van der Waals surface area contributed by atoms with Crippen molar-refractivity contribution in [2.24, 2.45) is 0 Å². The van der Waals surface area contributed by atoms with Gasteiger partial charge in [-0.05, 0) is 30.5 Å². The molecule has 2 aromatic rings.